The van der Waals surface area contributed by atoms with Crippen LogP contribution in [0.25, 0.3) is 0 Å². The molecule has 9 heteroatoms. The van der Waals surface area contributed by atoms with Crippen molar-refractivity contribution in [2.24, 2.45) is 0 Å². The highest BCUT2D eigenvalue weighted by Crippen LogP contribution is 2.23. The molecule has 9 nitrogen and oxygen atoms in total. The third kappa shape index (κ3) is 57.7. The molecule has 0 saturated carbocycles. The second-order valence-electron chi connectivity index (χ2n) is 26.1. The van der Waals surface area contributed by atoms with Crippen LogP contribution in [0.3, 0.4) is 0 Å². The predicted molar refractivity (Wildman–Crippen MR) is 391 cm³/mol. The van der Waals surface area contributed by atoms with Crippen LogP contribution in [0, 0.1) is 0 Å². The van der Waals surface area contributed by atoms with E-state index in [1.165, 1.54) is 225 Å². The fourth-order valence-electron chi connectivity index (χ4n) is 11.6. The van der Waals surface area contributed by atoms with Gasteiger partial charge in [0.05, 0.1) is 25.4 Å². The number of hydrogen-bond donors (Lipinski definition) is 6. The molecule has 1 aliphatic heterocycles. The number of rotatable bonds is 66. The zero-order valence-electron chi connectivity index (χ0n) is 58.8. The SMILES string of the molecule is CC/C=C\C/C=C\C/C=C\C/C=C\C/C=C\C/C=C\C/C=C\C/C=C\CCCCCCCCCCCCCCC(=O)NC(COC1OC(CO)C(O)C(O)C1O)C(O)/C=C/CC/C=C/CCCCCCCCCCCCCCCCCCCCCCCCCCC. The maximum absolute atomic E-state index is 13.2. The molecule has 1 heterocycles. The summed E-state index contributed by atoms with van der Waals surface area (Å²) in [4.78, 5) is 13.2. The highest BCUT2D eigenvalue weighted by Gasteiger charge is 2.44. The lowest BCUT2D eigenvalue weighted by Crippen LogP contribution is -2.60. The summed E-state index contributed by atoms with van der Waals surface area (Å²) in [5.41, 5.74) is 0. The van der Waals surface area contributed by atoms with Crippen molar-refractivity contribution in [2.45, 2.75) is 378 Å². The van der Waals surface area contributed by atoms with Gasteiger partial charge < -0.3 is 40.3 Å². The summed E-state index contributed by atoms with van der Waals surface area (Å²) in [5.74, 6) is -0.190. The first-order valence-electron chi connectivity index (χ1n) is 38.3. The molecule has 0 aromatic carbocycles. The molecular weight excluding hydrogens is 1130 g/mol. The molecule has 1 aliphatic rings. The lowest BCUT2D eigenvalue weighted by Gasteiger charge is -2.40. The molecule has 0 aromatic heterocycles. The summed E-state index contributed by atoms with van der Waals surface area (Å²) in [6, 6.07) is -0.833. The second-order valence-corrected chi connectivity index (χ2v) is 26.1. The summed E-state index contributed by atoms with van der Waals surface area (Å²) in [6.45, 7) is 3.68. The van der Waals surface area contributed by atoms with Gasteiger partial charge in [0.25, 0.3) is 0 Å². The van der Waals surface area contributed by atoms with Gasteiger partial charge in [-0.05, 0) is 96.3 Å². The van der Waals surface area contributed by atoms with Crippen LogP contribution in [0.2, 0.25) is 0 Å². The molecule has 524 valence electrons. The Labute approximate surface area is 560 Å². The van der Waals surface area contributed by atoms with Crippen LogP contribution in [0.1, 0.15) is 335 Å². The van der Waals surface area contributed by atoms with E-state index < -0.39 is 49.5 Å². The van der Waals surface area contributed by atoms with Crippen molar-refractivity contribution in [3.63, 3.8) is 0 Å². The zero-order valence-corrected chi connectivity index (χ0v) is 58.8. The molecular formula is C82H143NO8. The van der Waals surface area contributed by atoms with E-state index in [0.29, 0.717) is 6.42 Å². The predicted octanol–water partition coefficient (Wildman–Crippen LogP) is 21.8. The van der Waals surface area contributed by atoms with E-state index in [4.69, 9.17) is 9.47 Å². The number of unbranched alkanes of at least 4 members (excludes halogenated alkanes) is 38. The van der Waals surface area contributed by atoms with Crippen LogP contribution in [0.4, 0.5) is 0 Å². The van der Waals surface area contributed by atoms with Crippen LogP contribution < -0.4 is 5.32 Å². The van der Waals surface area contributed by atoms with Crippen LogP contribution in [0.15, 0.2) is 122 Å². The van der Waals surface area contributed by atoms with Crippen molar-refractivity contribution < 1.29 is 39.8 Å². The number of nitrogens with one attached hydrogen (secondary N) is 1. The number of aliphatic hydroxyl groups excluding tert-OH is 5. The number of amides is 1. The minimum atomic E-state index is -1.58. The van der Waals surface area contributed by atoms with Gasteiger partial charge in [0.15, 0.2) is 6.29 Å². The van der Waals surface area contributed by atoms with E-state index in [2.05, 4.69) is 129 Å². The third-order valence-electron chi connectivity index (χ3n) is 17.5. The van der Waals surface area contributed by atoms with Crippen molar-refractivity contribution in [2.75, 3.05) is 13.2 Å². The smallest absolute Gasteiger partial charge is 0.220 e. The van der Waals surface area contributed by atoms with E-state index >= 15 is 0 Å². The number of carbonyl (C=O) groups is 1. The molecule has 1 fully saturated rings. The molecule has 0 aromatic rings. The van der Waals surface area contributed by atoms with Crippen molar-refractivity contribution >= 4 is 5.91 Å². The fraction of sp³-hybridized carbons (Fsp3) is 0.744. The second kappa shape index (κ2) is 69.4. The molecule has 0 bridgehead atoms. The average molecular weight is 1270 g/mol. The highest BCUT2D eigenvalue weighted by atomic mass is 16.7. The topological polar surface area (TPSA) is 149 Å². The van der Waals surface area contributed by atoms with E-state index in [1.807, 2.05) is 6.08 Å². The molecule has 1 rings (SSSR count). The molecule has 1 amide bonds. The van der Waals surface area contributed by atoms with Gasteiger partial charge in [-0.2, -0.15) is 0 Å². The maximum atomic E-state index is 13.2. The van der Waals surface area contributed by atoms with Gasteiger partial charge in [0.1, 0.15) is 24.4 Å². The highest BCUT2D eigenvalue weighted by molar-refractivity contribution is 5.76. The van der Waals surface area contributed by atoms with Crippen molar-refractivity contribution in [1.29, 1.82) is 0 Å². The normalized spacial score (nSPS) is 18.4. The Morgan fingerprint density at radius 2 is 0.692 bits per heavy atom. The van der Waals surface area contributed by atoms with Gasteiger partial charge in [-0.3, -0.25) is 4.79 Å². The minimum Gasteiger partial charge on any atom is -0.394 e. The van der Waals surface area contributed by atoms with E-state index in [-0.39, 0.29) is 12.5 Å². The van der Waals surface area contributed by atoms with Crippen molar-refractivity contribution in [1.82, 2.24) is 5.32 Å². The monoisotopic (exact) mass is 1270 g/mol. The Bertz CT molecular complexity index is 1860. The lowest BCUT2D eigenvalue weighted by molar-refractivity contribution is -0.302. The Kier molecular flexibility index (Phi) is 65.3. The number of carbonyl (C=O) groups excluding carboxylic acids is 1. The molecule has 0 radical (unpaired) electrons. The molecule has 0 spiro atoms. The van der Waals surface area contributed by atoms with E-state index in [0.717, 1.165) is 89.9 Å². The van der Waals surface area contributed by atoms with Gasteiger partial charge in [-0.25, -0.2) is 0 Å². The Morgan fingerprint density at radius 3 is 1.05 bits per heavy atom. The van der Waals surface area contributed by atoms with E-state index in [1.54, 1.807) is 6.08 Å². The van der Waals surface area contributed by atoms with Gasteiger partial charge >= 0.3 is 0 Å². The average Bonchev–Trinajstić information content (AvgIpc) is 1.70. The van der Waals surface area contributed by atoms with Gasteiger partial charge in [0, 0.05) is 6.42 Å². The number of hydrogen-bond acceptors (Lipinski definition) is 8. The van der Waals surface area contributed by atoms with Gasteiger partial charge in [-0.15, -0.1) is 0 Å². The van der Waals surface area contributed by atoms with E-state index in [9.17, 15) is 30.3 Å². The lowest BCUT2D eigenvalue weighted by atomic mass is 9.99. The number of ether oxygens (including phenoxy) is 2. The van der Waals surface area contributed by atoms with Crippen molar-refractivity contribution in [3.8, 4) is 0 Å². The third-order valence-corrected chi connectivity index (χ3v) is 17.5. The summed E-state index contributed by atoms with van der Waals surface area (Å²) in [6.07, 6.45) is 97.5. The Balaban J connectivity index is 2.14. The quantitative estimate of drug-likeness (QED) is 0.0261. The van der Waals surface area contributed by atoms with Crippen LogP contribution in [0.5, 0.6) is 0 Å². The van der Waals surface area contributed by atoms with Crippen molar-refractivity contribution in [3.05, 3.63) is 122 Å². The number of aliphatic hydroxyl groups is 5. The molecule has 0 aliphatic carbocycles. The summed E-state index contributed by atoms with van der Waals surface area (Å²) in [7, 11) is 0. The maximum Gasteiger partial charge on any atom is 0.220 e. The first kappa shape index (κ1) is 85.6. The van der Waals surface area contributed by atoms with Crippen LogP contribution >= 0.6 is 0 Å². The first-order chi connectivity index (χ1) is 44.8. The molecule has 6 N–H and O–H groups in total. The van der Waals surface area contributed by atoms with Gasteiger partial charge in [-0.1, -0.05) is 354 Å². The molecule has 1 saturated heterocycles. The summed E-state index contributed by atoms with van der Waals surface area (Å²) < 4.78 is 11.3. The largest absolute Gasteiger partial charge is 0.394 e. The Morgan fingerprint density at radius 1 is 0.385 bits per heavy atom. The first-order valence-corrected chi connectivity index (χ1v) is 38.3. The van der Waals surface area contributed by atoms with Gasteiger partial charge in [0.2, 0.25) is 5.91 Å². The minimum absolute atomic E-state index is 0.190. The Hall–Kier alpha value is -3.41. The standard InChI is InChI=1S/C82H143NO8/c1-3-5-7-9-11-13-15-17-19-21-23-25-27-29-31-33-35-36-37-38-39-40-42-44-46-48-50-52-54-56-58-60-62-64-66-68-70-72-78(86)83-75(74-90-82-81(89)80(88)79(87)77(73-84)91-82)76(85)71-69-67-65-63-61-59-57-55-53-51-49-47-45-43-41-34-32-30-28-26-24-22-20-18-16-14-12-10-8-6-4-2/h5,7,11,13,17,19,23,25,29,31,35-36,38-39,42,44,61,63,69,71,75-77,79-82,84-85,87-89H,3-4,6,8-10,12,14-16,18,20-22,24,26-28,30,32-34,37,40-41,43,45-60,62,64-68,70,72-74H2,1-2H3,(H,83,86)/b7-5-,13-11-,19-17-,25-23-,31-29-,36-35-,39-38-,44-42-,63-61+,71-69+. The van der Waals surface area contributed by atoms with Crippen LogP contribution in [-0.2, 0) is 14.3 Å². The molecule has 7 unspecified atom stereocenters. The van der Waals surface area contributed by atoms with Crippen LogP contribution in [-0.4, -0.2) is 87.5 Å². The number of allylic oxidation sites excluding steroid dienone is 19. The fourth-order valence-corrected chi connectivity index (χ4v) is 11.6. The molecule has 91 heavy (non-hydrogen) atoms. The molecule has 7 atom stereocenters. The summed E-state index contributed by atoms with van der Waals surface area (Å²) in [5, 5.41) is 54.8. The zero-order chi connectivity index (χ0) is 65.7. The summed E-state index contributed by atoms with van der Waals surface area (Å²) >= 11 is 0.